The zero-order chi connectivity index (χ0) is 18.8. The highest BCUT2D eigenvalue weighted by Gasteiger charge is 2.33. The summed E-state index contributed by atoms with van der Waals surface area (Å²) in [7, 11) is 0. The van der Waals surface area contributed by atoms with Gasteiger partial charge in [0, 0.05) is 0 Å². The predicted molar refractivity (Wildman–Crippen MR) is 77.8 cm³/mol. The third-order valence-electron chi connectivity index (χ3n) is 3.32. The first-order valence-electron chi connectivity index (χ1n) is 7.09. The van der Waals surface area contributed by atoms with Crippen LogP contribution in [0.4, 0.5) is 26.3 Å². The molecule has 2 aromatic rings. The Morgan fingerprint density at radius 3 is 1.88 bits per heavy atom. The molecule has 0 fully saturated rings. The summed E-state index contributed by atoms with van der Waals surface area (Å²) in [4.78, 5) is 11.8. The maximum absolute atomic E-state index is 13.0. The number of hydrogen-bond acceptors (Lipinski definition) is 2. The minimum Gasteiger partial charge on any atom is -0.462 e. The lowest BCUT2D eigenvalue weighted by Crippen LogP contribution is -2.10. The molecule has 2 nitrogen and oxygen atoms in total. The van der Waals surface area contributed by atoms with Gasteiger partial charge in [0.1, 0.15) is 0 Å². The average Bonchev–Trinajstić information content (AvgIpc) is 2.53. The molecule has 0 aliphatic rings. The van der Waals surface area contributed by atoms with Crippen LogP contribution in [-0.4, -0.2) is 12.6 Å². The molecule has 0 spiro atoms. The zero-order valence-electron chi connectivity index (χ0n) is 12.8. The molecular formula is C17H12F6O2. The number of carbonyl (C=O) groups excluding carboxylic acids is 1. The highest BCUT2D eigenvalue weighted by atomic mass is 19.4. The summed E-state index contributed by atoms with van der Waals surface area (Å²) in [5.41, 5.74) is -2.26. The first kappa shape index (κ1) is 18.8. The Labute approximate surface area is 139 Å². The second kappa shape index (κ2) is 6.78. The first-order valence-corrected chi connectivity index (χ1v) is 7.09. The normalized spacial score (nSPS) is 12.1. The number of alkyl halides is 6. The lowest BCUT2D eigenvalue weighted by atomic mass is 9.98. The Kier molecular flexibility index (Phi) is 5.10. The quantitative estimate of drug-likeness (QED) is 0.527. The molecule has 0 amide bonds. The van der Waals surface area contributed by atoms with Gasteiger partial charge in [-0.3, -0.25) is 0 Å². The molecule has 0 aromatic heterocycles. The lowest BCUT2D eigenvalue weighted by molar-refractivity contribution is -0.138. The number of esters is 1. The molecule has 0 saturated heterocycles. The van der Waals surface area contributed by atoms with Crippen molar-refractivity contribution >= 4 is 5.97 Å². The molecule has 0 heterocycles. The fourth-order valence-corrected chi connectivity index (χ4v) is 2.14. The van der Waals surface area contributed by atoms with Crippen molar-refractivity contribution in [3.05, 3.63) is 59.2 Å². The molecule has 2 aromatic carbocycles. The van der Waals surface area contributed by atoms with Crippen LogP contribution in [0.2, 0.25) is 0 Å². The number of rotatable bonds is 3. The van der Waals surface area contributed by atoms with Gasteiger partial charge in [-0.25, -0.2) is 4.79 Å². The minimum absolute atomic E-state index is 0.0231. The monoisotopic (exact) mass is 362 g/mol. The van der Waals surface area contributed by atoms with Crippen LogP contribution in [0.15, 0.2) is 42.5 Å². The fourth-order valence-electron chi connectivity index (χ4n) is 2.14. The molecule has 2 rings (SSSR count). The standard InChI is InChI=1S/C17H12F6O2/c1-2-25-15(24)12-7-11(8-14(9-12)17(21,22)23)10-3-5-13(6-4-10)16(18,19)20/h3-9H,2H2,1H3. The fraction of sp³-hybridized carbons (Fsp3) is 0.235. The van der Waals surface area contributed by atoms with Crippen LogP contribution < -0.4 is 0 Å². The Morgan fingerprint density at radius 2 is 1.40 bits per heavy atom. The van der Waals surface area contributed by atoms with E-state index in [9.17, 15) is 31.1 Å². The van der Waals surface area contributed by atoms with Crippen molar-refractivity contribution in [2.45, 2.75) is 19.3 Å². The first-order chi connectivity index (χ1) is 11.5. The number of hydrogen-bond donors (Lipinski definition) is 0. The molecule has 0 radical (unpaired) electrons. The minimum atomic E-state index is -4.72. The van der Waals surface area contributed by atoms with Crippen LogP contribution in [0.1, 0.15) is 28.4 Å². The molecule has 0 N–H and O–H groups in total. The number of benzene rings is 2. The van der Waals surface area contributed by atoms with Gasteiger partial charge in [-0.15, -0.1) is 0 Å². The van der Waals surface area contributed by atoms with E-state index in [1.165, 1.54) is 6.92 Å². The second-order valence-electron chi connectivity index (χ2n) is 5.09. The summed E-state index contributed by atoms with van der Waals surface area (Å²) in [6.07, 6.45) is -9.27. The predicted octanol–water partition coefficient (Wildman–Crippen LogP) is 5.57. The van der Waals surface area contributed by atoms with Gasteiger partial charge < -0.3 is 4.74 Å². The van der Waals surface area contributed by atoms with Gasteiger partial charge in [0.25, 0.3) is 0 Å². The maximum atomic E-state index is 13.0. The molecule has 0 saturated carbocycles. The molecule has 0 unspecified atom stereocenters. The van der Waals surface area contributed by atoms with Gasteiger partial charge in [-0.2, -0.15) is 26.3 Å². The zero-order valence-corrected chi connectivity index (χ0v) is 12.8. The molecule has 8 heteroatoms. The molecule has 0 atom stereocenters. The van der Waals surface area contributed by atoms with E-state index in [1.807, 2.05) is 0 Å². The van der Waals surface area contributed by atoms with Crippen LogP contribution in [0.25, 0.3) is 11.1 Å². The second-order valence-corrected chi connectivity index (χ2v) is 5.09. The third-order valence-corrected chi connectivity index (χ3v) is 3.32. The summed E-state index contributed by atoms with van der Waals surface area (Å²) < 4.78 is 81.6. The molecule has 25 heavy (non-hydrogen) atoms. The Balaban J connectivity index is 2.52. The van der Waals surface area contributed by atoms with E-state index in [2.05, 4.69) is 0 Å². The van der Waals surface area contributed by atoms with Crippen molar-refractivity contribution in [2.75, 3.05) is 6.61 Å². The van der Waals surface area contributed by atoms with Crippen LogP contribution in [0, 0.1) is 0 Å². The van der Waals surface area contributed by atoms with Crippen LogP contribution in [-0.2, 0) is 17.1 Å². The van der Waals surface area contributed by atoms with E-state index in [4.69, 9.17) is 4.74 Å². The highest BCUT2D eigenvalue weighted by molar-refractivity contribution is 5.91. The summed E-state index contributed by atoms with van der Waals surface area (Å²) in [6, 6.07) is 6.19. The van der Waals surface area contributed by atoms with Crippen molar-refractivity contribution in [3.8, 4) is 11.1 Å². The Hall–Kier alpha value is -2.51. The molecule has 134 valence electrons. The number of halogens is 6. The highest BCUT2D eigenvalue weighted by Crippen LogP contribution is 2.35. The summed E-state index contributed by atoms with van der Waals surface area (Å²) in [5, 5.41) is 0. The van der Waals surface area contributed by atoms with Crippen LogP contribution in [0.3, 0.4) is 0 Å². The molecule has 0 aliphatic carbocycles. The summed E-state index contributed by atoms with van der Waals surface area (Å²) >= 11 is 0. The molecule has 0 bridgehead atoms. The average molecular weight is 362 g/mol. The van der Waals surface area contributed by atoms with E-state index in [-0.39, 0.29) is 23.3 Å². The third kappa shape index (κ3) is 4.52. The van der Waals surface area contributed by atoms with Gasteiger partial charge in [-0.1, -0.05) is 12.1 Å². The van der Waals surface area contributed by atoms with Crippen molar-refractivity contribution in [3.63, 3.8) is 0 Å². The van der Waals surface area contributed by atoms with E-state index in [0.717, 1.165) is 36.4 Å². The smallest absolute Gasteiger partial charge is 0.416 e. The summed E-state index contributed by atoms with van der Waals surface area (Å²) in [6.45, 7) is 1.48. The van der Waals surface area contributed by atoms with Crippen LogP contribution >= 0.6 is 0 Å². The Bertz CT molecular complexity index is 760. The largest absolute Gasteiger partial charge is 0.462 e. The Morgan fingerprint density at radius 1 is 0.840 bits per heavy atom. The van der Waals surface area contributed by atoms with Crippen LogP contribution in [0.5, 0.6) is 0 Å². The van der Waals surface area contributed by atoms with Gasteiger partial charge in [0.2, 0.25) is 0 Å². The van der Waals surface area contributed by atoms with E-state index in [0.29, 0.717) is 6.07 Å². The van der Waals surface area contributed by atoms with Crippen molar-refractivity contribution in [2.24, 2.45) is 0 Å². The SMILES string of the molecule is CCOC(=O)c1cc(-c2ccc(C(F)(F)F)cc2)cc(C(F)(F)F)c1. The van der Waals surface area contributed by atoms with E-state index in [1.54, 1.807) is 0 Å². The molecular weight excluding hydrogens is 350 g/mol. The topological polar surface area (TPSA) is 26.3 Å². The van der Waals surface area contributed by atoms with Crippen molar-refractivity contribution in [1.29, 1.82) is 0 Å². The number of carbonyl (C=O) groups is 1. The van der Waals surface area contributed by atoms with Gasteiger partial charge in [-0.05, 0) is 48.4 Å². The summed E-state index contributed by atoms with van der Waals surface area (Å²) in [5.74, 6) is -0.943. The maximum Gasteiger partial charge on any atom is 0.416 e. The van der Waals surface area contributed by atoms with Gasteiger partial charge in [0.05, 0.1) is 23.3 Å². The van der Waals surface area contributed by atoms with Crippen molar-refractivity contribution in [1.82, 2.24) is 0 Å². The molecule has 0 aliphatic heterocycles. The lowest BCUT2D eigenvalue weighted by Gasteiger charge is -2.13. The van der Waals surface area contributed by atoms with E-state index < -0.39 is 29.4 Å². The van der Waals surface area contributed by atoms with Gasteiger partial charge in [0.15, 0.2) is 0 Å². The van der Waals surface area contributed by atoms with E-state index >= 15 is 0 Å². The van der Waals surface area contributed by atoms with Gasteiger partial charge >= 0.3 is 18.3 Å². The number of ether oxygens (including phenoxy) is 1. The van der Waals surface area contributed by atoms with Crippen molar-refractivity contribution < 1.29 is 35.9 Å².